The van der Waals surface area contributed by atoms with E-state index in [2.05, 4.69) is 46.0 Å². The van der Waals surface area contributed by atoms with Gasteiger partial charge in [0, 0.05) is 39.5 Å². The summed E-state index contributed by atoms with van der Waals surface area (Å²) >= 11 is 0. The molecule has 3 rings (SSSR count). The van der Waals surface area contributed by atoms with Gasteiger partial charge in [-0.05, 0) is 55.7 Å². The van der Waals surface area contributed by atoms with Crippen LogP contribution in [0.15, 0.2) is 47.7 Å². The number of benzene rings is 1. The number of hydrogen-bond donors (Lipinski definition) is 2. The molecule has 30 heavy (non-hydrogen) atoms. The molecule has 1 saturated carbocycles. The van der Waals surface area contributed by atoms with E-state index in [1.165, 1.54) is 31.2 Å². The number of aliphatic imine (C=N–C) groups is 1. The Balaban J connectivity index is 0.00000320. The van der Waals surface area contributed by atoms with Crippen LogP contribution >= 0.6 is 24.0 Å². The third-order valence-electron chi connectivity index (χ3n) is 5.86. The van der Waals surface area contributed by atoms with Crippen molar-refractivity contribution in [3.63, 3.8) is 0 Å². The van der Waals surface area contributed by atoms with Crippen molar-refractivity contribution in [2.24, 2.45) is 10.4 Å². The van der Waals surface area contributed by atoms with Gasteiger partial charge in [0.1, 0.15) is 0 Å². The quantitative estimate of drug-likeness (QED) is 0.212. The summed E-state index contributed by atoms with van der Waals surface area (Å²) in [4.78, 5) is 4.40. The van der Waals surface area contributed by atoms with E-state index in [9.17, 15) is 0 Å². The SMILES string of the molecule is CCOCCC1(CNC(=NC)NCCc2cnn(-c3ccccc3)c2)CCCC1.I. The van der Waals surface area contributed by atoms with Gasteiger partial charge in [-0.25, -0.2) is 4.68 Å². The first-order chi connectivity index (χ1) is 14.2. The normalized spacial score (nSPS) is 15.6. The van der Waals surface area contributed by atoms with Gasteiger partial charge in [0.25, 0.3) is 0 Å². The number of aromatic nitrogens is 2. The van der Waals surface area contributed by atoms with E-state index in [0.29, 0.717) is 5.41 Å². The fourth-order valence-corrected chi connectivity index (χ4v) is 4.10. The molecule has 2 aromatic rings. The van der Waals surface area contributed by atoms with Crippen molar-refractivity contribution in [2.45, 2.75) is 45.4 Å². The number of guanidine groups is 1. The number of hydrogen-bond acceptors (Lipinski definition) is 3. The number of nitrogens with one attached hydrogen (secondary N) is 2. The molecule has 166 valence electrons. The Kier molecular flexibility index (Phi) is 10.6. The van der Waals surface area contributed by atoms with Crippen LogP contribution in [0.25, 0.3) is 5.69 Å². The molecule has 0 amide bonds. The average Bonchev–Trinajstić information content (AvgIpc) is 3.42. The lowest BCUT2D eigenvalue weighted by Gasteiger charge is -2.30. The Morgan fingerprint density at radius 1 is 1.20 bits per heavy atom. The second-order valence-electron chi connectivity index (χ2n) is 7.89. The van der Waals surface area contributed by atoms with Crippen LogP contribution in [0.1, 0.15) is 44.6 Å². The van der Waals surface area contributed by atoms with Crippen molar-refractivity contribution in [3.05, 3.63) is 48.3 Å². The number of rotatable bonds is 10. The number of para-hydroxylation sites is 1. The predicted molar refractivity (Wildman–Crippen MR) is 134 cm³/mol. The molecule has 0 spiro atoms. The zero-order valence-corrected chi connectivity index (χ0v) is 20.6. The van der Waals surface area contributed by atoms with Crippen LogP contribution in [0.4, 0.5) is 0 Å². The average molecular weight is 525 g/mol. The third kappa shape index (κ3) is 7.27. The summed E-state index contributed by atoms with van der Waals surface area (Å²) in [6, 6.07) is 10.2. The van der Waals surface area contributed by atoms with Crippen LogP contribution in [0, 0.1) is 5.41 Å². The summed E-state index contributed by atoms with van der Waals surface area (Å²) in [6.07, 6.45) is 11.3. The van der Waals surface area contributed by atoms with Gasteiger partial charge in [-0.2, -0.15) is 5.10 Å². The van der Waals surface area contributed by atoms with Crippen molar-refractivity contribution in [1.82, 2.24) is 20.4 Å². The Labute approximate surface area is 197 Å². The smallest absolute Gasteiger partial charge is 0.191 e. The summed E-state index contributed by atoms with van der Waals surface area (Å²) in [7, 11) is 1.84. The van der Waals surface area contributed by atoms with Crippen molar-refractivity contribution in [3.8, 4) is 5.69 Å². The van der Waals surface area contributed by atoms with Crippen LogP contribution < -0.4 is 10.6 Å². The predicted octanol–water partition coefficient (Wildman–Crippen LogP) is 4.18. The molecule has 1 aromatic heterocycles. The maximum absolute atomic E-state index is 5.62. The molecule has 2 N–H and O–H groups in total. The fourth-order valence-electron chi connectivity index (χ4n) is 4.10. The Morgan fingerprint density at radius 2 is 1.97 bits per heavy atom. The van der Waals surface area contributed by atoms with Crippen molar-refractivity contribution in [1.29, 1.82) is 0 Å². The summed E-state index contributed by atoms with van der Waals surface area (Å²) in [5, 5.41) is 11.5. The molecule has 1 aliphatic rings. The van der Waals surface area contributed by atoms with Gasteiger partial charge in [0.15, 0.2) is 5.96 Å². The lowest BCUT2D eigenvalue weighted by molar-refractivity contribution is 0.105. The minimum atomic E-state index is 0. The second-order valence-corrected chi connectivity index (χ2v) is 7.89. The zero-order chi connectivity index (χ0) is 20.4. The highest BCUT2D eigenvalue weighted by Gasteiger charge is 2.33. The van der Waals surface area contributed by atoms with E-state index in [-0.39, 0.29) is 24.0 Å². The summed E-state index contributed by atoms with van der Waals surface area (Å²) < 4.78 is 7.54. The van der Waals surface area contributed by atoms with Gasteiger partial charge in [-0.15, -0.1) is 24.0 Å². The van der Waals surface area contributed by atoms with Crippen molar-refractivity contribution in [2.75, 3.05) is 33.4 Å². The van der Waals surface area contributed by atoms with Crippen LogP contribution in [0.5, 0.6) is 0 Å². The molecule has 7 heteroatoms. The number of ether oxygens (including phenoxy) is 1. The molecule has 0 atom stereocenters. The topological polar surface area (TPSA) is 63.5 Å². The van der Waals surface area contributed by atoms with Gasteiger partial charge in [0.05, 0.1) is 11.9 Å². The second kappa shape index (κ2) is 12.9. The highest BCUT2D eigenvalue weighted by atomic mass is 127. The minimum Gasteiger partial charge on any atom is -0.382 e. The van der Waals surface area contributed by atoms with E-state index < -0.39 is 0 Å². The minimum absolute atomic E-state index is 0. The molecule has 6 nitrogen and oxygen atoms in total. The number of nitrogens with zero attached hydrogens (tertiary/aromatic N) is 3. The van der Waals surface area contributed by atoms with Gasteiger partial charge < -0.3 is 15.4 Å². The van der Waals surface area contributed by atoms with Gasteiger partial charge in [-0.1, -0.05) is 31.0 Å². The van der Waals surface area contributed by atoms with E-state index in [4.69, 9.17) is 4.74 Å². The zero-order valence-electron chi connectivity index (χ0n) is 18.3. The van der Waals surface area contributed by atoms with E-state index in [1.54, 1.807) is 0 Å². The summed E-state index contributed by atoms with van der Waals surface area (Å²) in [5.41, 5.74) is 2.64. The van der Waals surface area contributed by atoms with Crippen LogP contribution in [0.3, 0.4) is 0 Å². The highest BCUT2D eigenvalue weighted by Crippen LogP contribution is 2.40. The molecule has 0 saturated heterocycles. The molecule has 1 aromatic carbocycles. The van der Waals surface area contributed by atoms with E-state index in [0.717, 1.165) is 50.8 Å². The molecular formula is C23H36IN5O. The van der Waals surface area contributed by atoms with Crippen LogP contribution in [0.2, 0.25) is 0 Å². The lowest BCUT2D eigenvalue weighted by atomic mass is 9.83. The first-order valence-corrected chi connectivity index (χ1v) is 10.9. The summed E-state index contributed by atoms with van der Waals surface area (Å²) in [5.74, 6) is 0.878. The monoisotopic (exact) mass is 525 g/mol. The first-order valence-electron chi connectivity index (χ1n) is 10.9. The molecule has 1 fully saturated rings. The molecule has 0 unspecified atom stereocenters. The Morgan fingerprint density at radius 3 is 2.67 bits per heavy atom. The molecular weight excluding hydrogens is 489 g/mol. The fraction of sp³-hybridized carbons (Fsp3) is 0.565. The maximum atomic E-state index is 5.62. The molecule has 0 radical (unpaired) electrons. The van der Waals surface area contributed by atoms with Crippen LogP contribution in [-0.4, -0.2) is 49.1 Å². The van der Waals surface area contributed by atoms with Crippen LogP contribution in [-0.2, 0) is 11.2 Å². The standard InChI is InChI=1S/C23H35N5O.HI/c1-3-29-16-14-23(12-7-8-13-23)19-26-22(24-2)25-15-11-20-17-27-28(18-20)21-9-5-4-6-10-21;/h4-6,9-10,17-18H,3,7-8,11-16,19H2,1-2H3,(H2,24,25,26);1H. The molecule has 0 aliphatic heterocycles. The Bertz CT molecular complexity index is 756. The maximum Gasteiger partial charge on any atom is 0.191 e. The van der Waals surface area contributed by atoms with Gasteiger partial charge in [-0.3, -0.25) is 4.99 Å². The van der Waals surface area contributed by atoms with E-state index in [1.807, 2.05) is 36.1 Å². The third-order valence-corrected chi connectivity index (χ3v) is 5.86. The molecule has 0 bridgehead atoms. The number of halogens is 1. The van der Waals surface area contributed by atoms with Crippen molar-refractivity contribution < 1.29 is 4.74 Å². The highest BCUT2D eigenvalue weighted by molar-refractivity contribution is 14.0. The lowest BCUT2D eigenvalue weighted by Crippen LogP contribution is -2.43. The van der Waals surface area contributed by atoms with Crippen molar-refractivity contribution >= 4 is 29.9 Å². The molecule has 1 aliphatic carbocycles. The van der Waals surface area contributed by atoms with Gasteiger partial charge in [0.2, 0.25) is 0 Å². The summed E-state index contributed by atoms with van der Waals surface area (Å²) in [6.45, 7) is 5.51. The van der Waals surface area contributed by atoms with Gasteiger partial charge >= 0.3 is 0 Å². The Hall–Kier alpha value is -1.61. The first kappa shape index (κ1) is 24.7. The molecule has 1 heterocycles. The largest absolute Gasteiger partial charge is 0.382 e. The van der Waals surface area contributed by atoms with E-state index >= 15 is 0 Å².